The summed E-state index contributed by atoms with van der Waals surface area (Å²) in [5.74, 6) is 0.415. The normalized spacial score (nSPS) is 10.3. The van der Waals surface area contributed by atoms with E-state index in [1.807, 2.05) is 0 Å². The van der Waals surface area contributed by atoms with E-state index in [9.17, 15) is 19.7 Å². The molecule has 8 nitrogen and oxygen atoms in total. The van der Waals surface area contributed by atoms with E-state index in [1.165, 1.54) is 33.3 Å². The van der Waals surface area contributed by atoms with Crippen molar-refractivity contribution in [3.63, 3.8) is 0 Å². The molecule has 2 rings (SSSR count). The van der Waals surface area contributed by atoms with Gasteiger partial charge < -0.3 is 14.0 Å². The van der Waals surface area contributed by atoms with Crippen LogP contribution in [0.15, 0.2) is 35.3 Å². The third kappa shape index (κ3) is 3.43. The maximum absolute atomic E-state index is 12.5. The smallest absolute Gasteiger partial charge is 0.286 e. The largest absolute Gasteiger partial charge is 0.497 e. The fourth-order valence-corrected chi connectivity index (χ4v) is 2.25. The van der Waals surface area contributed by atoms with Crippen molar-refractivity contribution in [1.29, 1.82) is 0 Å². The molecule has 8 heteroatoms. The van der Waals surface area contributed by atoms with Gasteiger partial charge in [-0.15, -0.1) is 0 Å². The van der Waals surface area contributed by atoms with Crippen molar-refractivity contribution < 1.29 is 19.2 Å². The number of Topliss-reactive ketones (excluding diaryl/α,β-unsaturated/α-hetero) is 1. The van der Waals surface area contributed by atoms with Crippen LogP contribution >= 0.6 is 0 Å². The molecule has 24 heavy (non-hydrogen) atoms. The zero-order valence-corrected chi connectivity index (χ0v) is 13.4. The topological polar surface area (TPSA) is 101 Å². The van der Waals surface area contributed by atoms with Crippen molar-refractivity contribution in [3.8, 4) is 11.5 Å². The van der Waals surface area contributed by atoms with E-state index in [2.05, 4.69) is 0 Å². The third-order valence-corrected chi connectivity index (χ3v) is 3.48. The van der Waals surface area contributed by atoms with Gasteiger partial charge in [-0.1, -0.05) is 0 Å². The number of nitrogens with zero attached hydrogens (tertiary/aromatic N) is 2. The van der Waals surface area contributed by atoms with Gasteiger partial charge in [-0.05, 0) is 19.1 Å². The van der Waals surface area contributed by atoms with Crippen molar-refractivity contribution in [3.05, 3.63) is 62.1 Å². The lowest BCUT2D eigenvalue weighted by atomic mass is 10.1. The molecule has 1 aromatic carbocycles. The zero-order chi connectivity index (χ0) is 17.9. The minimum Gasteiger partial charge on any atom is -0.497 e. The summed E-state index contributed by atoms with van der Waals surface area (Å²) in [6.45, 7) is 1.13. The Morgan fingerprint density at radius 1 is 1.25 bits per heavy atom. The van der Waals surface area contributed by atoms with Crippen molar-refractivity contribution in [2.24, 2.45) is 0 Å². The number of methoxy groups -OCH3 is 2. The van der Waals surface area contributed by atoms with E-state index in [0.29, 0.717) is 11.5 Å². The molecular formula is C16H16N2O6. The highest BCUT2D eigenvalue weighted by atomic mass is 16.6. The molecule has 126 valence electrons. The van der Waals surface area contributed by atoms with Gasteiger partial charge in [0.05, 0.1) is 37.4 Å². The Kier molecular flexibility index (Phi) is 4.98. The Labute approximate surface area is 137 Å². The molecule has 0 saturated carbocycles. The van der Waals surface area contributed by atoms with Crippen LogP contribution in [-0.2, 0) is 6.54 Å². The van der Waals surface area contributed by atoms with Gasteiger partial charge in [-0.3, -0.25) is 19.7 Å². The van der Waals surface area contributed by atoms with Crippen LogP contribution in [0.3, 0.4) is 0 Å². The molecule has 0 bridgehead atoms. The van der Waals surface area contributed by atoms with Crippen molar-refractivity contribution in [2.45, 2.75) is 13.5 Å². The Balaban J connectivity index is 2.40. The van der Waals surface area contributed by atoms with Crippen molar-refractivity contribution in [2.75, 3.05) is 14.2 Å². The molecule has 0 amide bonds. The summed E-state index contributed by atoms with van der Waals surface area (Å²) in [6.07, 6.45) is 1.06. The van der Waals surface area contributed by atoms with Gasteiger partial charge in [0, 0.05) is 17.7 Å². The maximum atomic E-state index is 12.5. The minimum absolute atomic E-state index is 0.193. The molecular weight excluding hydrogens is 316 g/mol. The molecule has 0 fully saturated rings. The highest BCUT2D eigenvalue weighted by Gasteiger charge is 2.17. The van der Waals surface area contributed by atoms with E-state index in [1.54, 1.807) is 12.1 Å². The SMILES string of the molecule is COc1ccc(C(=O)Cn2cc([N+](=O)[O-])cc(C)c2=O)c(OC)c1. The van der Waals surface area contributed by atoms with E-state index in [4.69, 9.17) is 9.47 Å². The van der Waals surface area contributed by atoms with Gasteiger partial charge in [0.2, 0.25) is 0 Å². The van der Waals surface area contributed by atoms with Gasteiger partial charge in [-0.2, -0.15) is 0 Å². The summed E-state index contributed by atoms with van der Waals surface area (Å²) in [4.78, 5) is 34.9. The highest BCUT2D eigenvalue weighted by molar-refractivity contribution is 5.98. The molecule has 0 N–H and O–H groups in total. The second kappa shape index (κ2) is 6.95. The number of carbonyl (C=O) groups is 1. The van der Waals surface area contributed by atoms with Gasteiger partial charge in [0.1, 0.15) is 11.5 Å². The quantitative estimate of drug-likeness (QED) is 0.455. The van der Waals surface area contributed by atoms with E-state index >= 15 is 0 Å². The van der Waals surface area contributed by atoms with Crippen LogP contribution in [0.2, 0.25) is 0 Å². The summed E-state index contributed by atoms with van der Waals surface area (Å²) in [7, 11) is 2.90. The number of ether oxygens (including phenoxy) is 2. The molecule has 0 aliphatic carbocycles. The number of aromatic nitrogens is 1. The lowest BCUT2D eigenvalue weighted by molar-refractivity contribution is -0.385. The monoisotopic (exact) mass is 332 g/mol. The molecule has 0 atom stereocenters. The molecule has 0 spiro atoms. The lowest BCUT2D eigenvalue weighted by Gasteiger charge is -2.11. The highest BCUT2D eigenvalue weighted by Crippen LogP contribution is 2.25. The molecule has 0 saturated heterocycles. The summed E-state index contributed by atoms with van der Waals surface area (Å²) in [5, 5.41) is 10.9. The Hall–Kier alpha value is -3.16. The van der Waals surface area contributed by atoms with Gasteiger partial charge >= 0.3 is 0 Å². The first-order valence-electron chi connectivity index (χ1n) is 6.98. The average Bonchev–Trinajstić information content (AvgIpc) is 2.57. The summed E-state index contributed by atoms with van der Waals surface area (Å²) < 4.78 is 11.3. The molecule has 0 aliphatic rings. The molecule has 1 heterocycles. The second-order valence-corrected chi connectivity index (χ2v) is 5.06. The maximum Gasteiger partial charge on any atom is 0.286 e. The van der Waals surface area contributed by atoms with Crippen LogP contribution in [0.25, 0.3) is 0 Å². The molecule has 1 aromatic heterocycles. The summed E-state index contributed by atoms with van der Waals surface area (Å²) in [6, 6.07) is 5.85. The number of rotatable bonds is 6. The number of hydrogen-bond acceptors (Lipinski definition) is 6. The average molecular weight is 332 g/mol. The first-order chi connectivity index (χ1) is 11.4. The molecule has 0 unspecified atom stereocenters. The number of benzene rings is 1. The summed E-state index contributed by atoms with van der Waals surface area (Å²) >= 11 is 0. The number of aryl methyl sites for hydroxylation is 1. The predicted molar refractivity (Wildman–Crippen MR) is 86.0 cm³/mol. The van der Waals surface area contributed by atoms with Crippen LogP contribution < -0.4 is 15.0 Å². The second-order valence-electron chi connectivity index (χ2n) is 5.06. The number of nitro groups is 1. The Bertz CT molecular complexity index is 856. The third-order valence-electron chi connectivity index (χ3n) is 3.48. The van der Waals surface area contributed by atoms with E-state index in [-0.39, 0.29) is 23.4 Å². The fourth-order valence-electron chi connectivity index (χ4n) is 2.25. The molecule has 2 aromatic rings. The fraction of sp³-hybridized carbons (Fsp3) is 0.250. The zero-order valence-electron chi connectivity index (χ0n) is 13.4. The van der Waals surface area contributed by atoms with E-state index < -0.39 is 16.3 Å². The first kappa shape index (κ1) is 17.2. The Morgan fingerprint density at radius 3 is 2.54 bits per heavy atom. The number of ketones is 1. The minimum atomic E-state index is -0.610. The van der Waals surface area contributed by atoms with Crippen LogP contribution in [0.5, 0.6) is 11.5 Å². The van der Waals surface area contributed by atoms with Crippen LogP contribution in [0.1, 0.15) is 15.9 Å². The number of pyridine rings is 1. The van der Waals surface area contributed by atoms with Crippen LogP contribution in [0, 0.1) is 17.0 Å². The molecule has 0 aliphatic heterocycles. The predicted octanol–water partition coefficient (Wildman–Crippen LogP) is 1.97. The standard InChI is InChI=1S/C16H16N2O6/c1-10-6-11(18(21)22)8-17(16(10)20)9-14(19)13-5-4-12(23-2)7-15(13)24-3/h4-8H,9H2,1-3H3. The van der Waals surface area contributed by atoms with Gasteiger partial charge in [0.15, 0.2) is 5.78 Å². The van der Waals surface area contributed by atoms with Crippen LogP contribution in [-0.4, -0.2) is 29.5 Å². The Morgan fingerprint density at radius 2 is 1.96 bits per heavy atom. The van der Waals surface area contributed by atoms with Crippen molar-refractivity contribution in [1.82, 2.24) is 4.57 Å². The van der Waals surface area contributed by atoms with Gasteiger partial charge in [0.25, 0.3) is 11.2 Å². The van der Waals surface area contributed by atoms with Gasteiger partial charge in [-0.25, -0.2) is 0 Å². The van der Waals surface area contributed by atoms with Crippen molar-refractivity contribution >= 4 is 11.5 Å². The molecule has 0 radical (unpaired) electrons. The van der Waals surface area contributed by atoms with E-state index in [0.717, 1.165) is 10.8 Å². The lowest BCUT2D eigenvalue weighted by Crippen LogP contribution is -2.26. The number of carbonyl (C=O) groups excluding carboxylic acids is 1. The first-order valence-corrected chi connectivity index (χ1v) is 6.98. The van der Waals surface area contributed by atoms with Crippen LogP contribution in [0.4, 0.5) is 5.69 Å². The summed E-state index contributed by atoms with van der Waals surface area (Å²) in [5.41, 5.74) is -0.254. The number of hydrogen-bond donors (Lipinski definition) is 0.